The molecule has 1 amide bonds. The van der Waals surface area contributed by atoms with Gasteiger partial charge in [0.2, 0.25) is 5.91 Å². The predicted octanol–water partition coefficient (Wildman–Crippen LogP) is 15.1. The molecule has 16 nitrogen and oxygen atoms in total. The Morgan fingerprint density at radius 1 is 0.391 bits per heavy atom. The zero-order valence-electron chi connectivity index (χ0n) is 51.3. The minimum Gasteiger partial charge on any atom is -0.481 e. The van der Waals surface area contributed by atoms with Gasteiger partial charge in [-0.15, -0.1) is 0 Å². The number of carbonyl (C=O) groups is 2. The Morgan fingerprint density at radius 3 is 0.815 bits per heavy atom. The van der Waals surface area contributed by atoms with E-state index in [1.54, 1.807) is 41.3 Å². The number of hydrogen-bond acceptors (Lipinski definition) is 14. The number of amides is 1. The molecule has 9 rings (SSSR count). The molecule has 8 bridgehead atoms. The number of halogens is 4. The van der Waals surface area contributed by atoms with Gasteiger partial charge in [0, 0.05) is 101 Å². The highest BCUT2D eigenvalue weighted by atomic mass is 79.9. The van der Waals surface area contributed by atoms with Gasteiger partial charge in [0.15, 0.2) is 0 Å². The van der Waals surface area contributed by atoms with Crippen LogP contribution < -0.4 is 16.7 Å². The zero-order valence-corrected chi connectivity index (χ0v) is 60.9. The molecule has 1 aliphatic rings. The van der Waals surface area contributed by atoms with Gasteiger partial charge in [-0.3, -0.25) is 9.59 Å². The van der Waals surface area contributed by atoms with Crippen LogP contribution in [0.1, 0.15) is 122 Å². The smallest absolute Gasteiger partial charge is 0.339 e. The molecular formula is C68H65Br4NO15S4. The molecule has 0 heterocycles. The summed E-state index contributed by atoms with van der Waals surface area (Å²) in [5.74, 6) is -2.61. The minimum absolute atomic E-state index is 0.0374. The van der Waals surface area contributed by atoms with Gasteiger partial charge >= 0.3 is 46.4 Å². The molecule has 24 heteroatoms. The second-order valence-electron chi connectivity index (χ2n) is 24.2. The molecule has 0 atom stereocenters. The fourth-order valence-corrected chi connectivity index (χ4v) is 15.7. The minimum atomic E-state index is -4.82. The molecular weight excluding hydrogens is 1520 g/mol. The van der Waals surface area contributed by atoms with Crippen LogP contribution in [-0.2, 0) is 99.4 Å². The monoisotopic (exact) mass is 1580 g/mol. The molecule has 1 N–H and O–H groups in total. The van der Waals surface area contributed by atoms with Gasteiger partial charge in [0.1, 0.15) is 42.6 Å². The molecule has 8 aromatic carbocycles. The highest BCUT2D eigenvalue weighted by molar-refractivity contribution is 9.11. The molecule has 0 saturated carbocycles. The predicted molar refractivity (Wildman–Crippen MR) is 365 cm³/mol. The van der Waals surface area contributed by atoms with Crippen molar-refractivity contribution in [2.24, 2.45) is 0 Å². The van der Waals surface area contributed by atoms with Gasteiger partial charge in [0.05, 0.1) is 12.8 Å². The molecule has 0 aromatic heterocycles. The van der Waals surface area contributed by atoms with Crippen molar-refractivity contribution in [1.29, 1.82) is 0 Å². The number of carboxylic acids is 1. The number of carboxylic acid groups (broad SMARTS) is 1. The van der Waals surface area contributed by atoms with Crippen molar-refractivity contribution in [3.05, 3.63) is 230 Å². The van der Waals surface area contributed by atoms with E-state index >= 15 is 25.3 Å². The first kappa shape index (κ1) is 69.9. The SMILES string of the molecule is CCN(CC)C(=O)Cc1cc2c(OS(=O)(=O)c3ccc(Br)cc3)c(c1)Cc1cc(C(C)(C)C)cc(c1OS(=O)(=O)c1ccc(Br)cc1)Cc1cc(CC(=O)O)cc(c1OS(=O)(=O)c1ccc(Br)cc1)Cc1cc(C(C)(C)C)cc(c1OS(=O)(=O)c1ccc(Br)cc1)C2. The lowest BCUT2D eigenvalue weighted by atomic mass is 9.81. The summed E-state index contributed by atoms with van der Waals surface area (Å²) >= 11 is 13.5. The molecule has 484 valence electrons. The van der Waals surface area contributed by atoms with Crippen molar-refractivity contribution in [2.45, 2.75) is 124 Å². The zero-order chi connectivity index (χ0) is 67.0. The summed E-state index contributed by atoms with van der Waals surface area (Å²) in [6.45, 7) is 15.9. The molecule has 0 saturated heterocycles. The third-order valence-corrected chi connectivity index (χ3v) is 22.4. The van der Waals surface area contributed by atoms with E-state index < -0.39 is 76.5 Å². The van der Waals surface area contributed by atoms with Crippen molar-refractivity contribution in [3.63, 3.8) is 0 Å². The molecule has 0 aliphatic heterocycles. The summed E-state index contributed by atoms with van der Waals surface area (Å²) in [7, 11) is -19.3. The Balaban J connectivity index is 1.48. The first-order chi connectivity index (χ1) is 43.0. The standard InChI is InChI=1S/C68H65Br4NO15S4/c1-9-73(10-2)61(74)31-41-27-43-33-47-37-51(67(3,4)5)39-49(65(47)87-91(81,82)59-23-15-55(71)16-24-59)35-45-29-42(32-62(75)76)30-46(64(45)86-90(79,80)58-21-13-54(70)14-22-58)36-50-40-52(68(6,7)8)38-48(66(50)88-92(83,84)60-25-17-56(72)18-26-60)34-44(28-41)63(43)85-89(77,78)57-19-11-53(69)12-20-57/h11-30,37-40H,9-10,31-36H2,1-8H3,(H,75,76). The maximum absolute atomic E-state index is 15.1. The van der Waals surface area contributed by atoms with Gasteiger partial charge in [-0.1, -0.05) is 154 Å². The molecule has 92 heavy (non-hydrogen) atoms. The van der Waals surface area contributed by atoms with Crippen LogP contribution in [0, 0.1) is 0 Å². The number of carbonyl (C=O) groups excluding carboxylic acids is 1. The molecule has 0 fully saturated rings. The number of benzene rings is 8. The number of fused-ring (bicyclic) bond motifs is 8. The van der Waals surface area contributed by atoms with Gasteiger partial charge in [-0.2, -0.15) is 33.7 Å². The van der Waals surface area contributed by atoms with Crippen LogP contribution in [0.5, 0.6) is 23.0 Å². The van der Waals surface area contributed by atoms with E-state index in [-0.39, 0.29) is 118 Å². The molecule has 0 unspecified atom stereocenters. The van der Waals surface area contributed by atoms with Crippen molar-refractivity contribution >= 4 is 116 Å². The summed E-state index contributed by atoms with van der Waals surface area (Å²) in [6.07, 6.45) is -2.44. The Hall–Kier alpha value is -6.38. The number of likely N-dealkylation sites (N-methyl/N-ethyl adjacent to an activating group) is 1. The second kappa shape index (κ2) is 27.5. The quantitative estimate of drug-likeness (QED) is 0.0787. The highest BCUT2D eigenvalue weighted by Crippen LogP contribution is 2.45. The van der Waals surface area contributed by atoms with Crippen molar-refractivity contribution in [3.8, 4) is 23.0 Å². The van der Waals surface area contributed by atoms with Crippen molar-refractivity contribution < 1.29 is 65.1 Å². The lowest BCUT2D eigenvalue weighted by Gasteiger charge is -2.27. The number of aliphatic carboxylic acids is 1. The van der Waals surface area contributed by atoms with E-state index in [2.05, 4.69) is 63.7 Å². The van der Waals surface area contributed by atoms with E-state index in [1.165, 1.54) is 109 Å². The van der Waals surface area contributed by atoms with Crippen LogP contribution in [-0.4, -0.2) is 68.6 Å². The van der Waals surface area contributed by atoms with Crippen LogP contribution >= 0.6 is 63.7 Å². The summed E-state index contributed by atoms with van der Waals surface area (Å²) in [5.41, 5.74) is 1.10. The molecule has 8 aromatic rings. The largest absolute Gasteiger partial charge is 0.481 e. The Kier molecular flexibility index (Phi) is 20.9. The lowest BCUT2D eigenvalue weighted by Crippen LogP contribution is -2.31. The molecule has 0 radical (unpaired) electrons. The summed E-state index contributed by atoms with van der Waals surface area (Å²) in [5, 5.41) is 10.5. The number of nitrogens with zero attached hydrogens (tertiary/aromatic N) is 1. The van der Waals surface area contributed by atoms with E-state index in [0.717, 1.165) is 0 Å². The van der Waals surface area contributed by atoms with Crippen LogP contribution in [0.4, 0.5) is 0 Å². The fourth-order valence-electron chi connectivity index (χ4n) is 10.6. The van der Waals surface area contributed by atoms with E-state index in [4.69, 9.17) is 16.7 Å². The maximum atomic E-state index is 15.1. The summed E-state index contributed by atoms with van der Waals surface area (Å²) < 4.78 is 148. The summed E-state index contributed by atoms with van der Waals surface area (Å²) in [4.78, 5) is 27.9. The number of rotatable bonds is 18. The maximum Gasteiger partial charge on any atom is 0.339 e. The van der Waals surface area contributed by atoms with Gasteiger partial charge < -0.3 is 26.7 Å². The molecule has 1 aliphatic carbocycles. The Bertz CT molecular complexity index is 4450. The lowest BCUT2D eigenvalue weighted by molar-refractivity contribution is -0.136. The van der Waals surface area contributed by atoms with Crippen LogP contribution in [0.2, 0.25) is 0 Å². The van der Waals surface area contributed by atoms with Crippen LogP contribution in [0.15, 0.2) is 183 Å². The second-order valence-corrected chi connectivity index (χ2v) is 34.1. The first-order valence-corrected chi connectivity index (χ1v) is 37.7. The Morgan fingerprint density at radius 2 is 0.609 bits per heavy atom. The third kappa shape index (κ3) is 16.6. The average molecular weight is 1580 g/mol. The van der Waals surface area contributed by atoms with Gasteiger partial charge in [-0.05, 0) is 144 Å². The third-order valence-electron chi connectivity index (χ3n) is 15.4. The van der Waals surface area contributed by atoms with Gasteiger partial charge in [-0.25, -0.2) is 0 Å². The first-order valence-electron chi connectivity index (χ1n) is 28.9. The normalized spacial score (nSPS) is 13.0. The van der Waals surface area contributed by atoms with Crippen molar-refractivity contribution in [1.82, 2.24) is 4.90 Å². The van der Waals surface area contributed by atoms with Gasteiger partial charge in [0.25, 0.3) is 0 Å². The Labute approximate surface area is 571 Å². The molecule has 0 spiro atoms. The summed E-state index contributed by atoms with van der Waals surface area (Å²) in [6, 6.07) is 35.8. The highest BCUT2D eigenvalue weighted by Gasteiger charge is 2.34. The van der Waals surface area contributed by atoms with E-state index in [1.807, 2.05) is 55.4 Å². The average Bonchev–Trinajstić information content (AvgIpc) is 0.764. The number of hydrogen-bond donors (Lipinski definition) is 1. The van der Waals surface area contributed by atoms with E-state index in [0.29, 0.717) is 47.7 Å². The van der Waals surface area contributed by atoms with Crippen LogP contribution in [0.3, 0.4) is 0 Å². The van der Waals surface area contributed by atoms with Crippen LogP contribution in [0.25, 0.3) is 0 Å². The van der Waals surface area contributed by atoms with E-state index in [9.17, 15) is 23.1 Å². The fraction of sp³-hybridized carbons (Fsp3) is 0.265. The topological polar surface area (TPSA) is 231 Å². The van der Waals surface area contributed by atoms with Crippen molar-refractivity contribution in [2.75, 3.05) is 13.1 Å².